The van der Waals surface area contributed by atoms with Crippen molar-refractivity contribution in [2.75, 3.05) is 86.1 Å². The monoisotopic (exact) mass is 537 g/mol. The summed E-state index contributed by atoms with van der Waals surface area (Å²) in [5.41, 5.74) is 7.57. The lowest BCUT2D eigenvalue weighted by Gasteiger charge is -2.36. The molecule has 4 rings (SSSR count). The summed E-state index contributed by atoms with van der Waals surface area (Å²) in [5.74, 6) is 1.54. The summed E-state index contributed by atoms with van der Waals surface area (Å²) in [6.07, 6.45) is 0. The van der Waals surface area contributed by atoms with Gasteiger partial charge in [0.1, 0.15) is 0 Å². The lowest BCUT2D eigenvalue weighted by atomic mass is 10.2. The Kier molecular flexibility index (Phi) is 10.6. The van der Waals surface area contributed by atoms with E-state index in [1.54, 1.807) is 12.1 Å². The molecule has 0 saturated carbocycles. The van der Waals surface area contributed by atoms with Crippen molar-refractivity contribution in [3.63, 3.8) is 0 Å². The summed E-state index contributed by atoms with van der Waals surface area (Å²) in [6.45, 7) is 6.49. The average molecular weight is 538 g/mol. The molecule has 0 radical (unpaired) electrons. The molecule has 13 nitrogen and oxygen atoms in total. The van der Waals surface area contributed by atoms with Crippen LogP contribution < -0.4 is 26.2 Å². The summed E-state index contributed by atoms with van der Waals surface area (Å²) in [6, 6.07) is 16.7. The second kappa shape index (κ2) is 14.8. The van der Waals surface area contributed by atoms with Crippen LogP contribution in [0.15, 0.2) is 54.6 Å². The molecule has 1 aromatic heterocycles. The number of nitro benzene ring substituents is 1. The molecule has 0 amide bonds. The molecule has 2 heterocycles. The number of nitro groups is 1. The van der Waals surface area contributed by atoms with Crippen molar-refractivity contribution >= 4 is 29.2 Å². The number of nitrogens with two attached hydrogens (primary N) is 1. The van der Waals surface area contributed by atoms with Gasteiger partial charge >= 0.3 is 0 Å². The second-order valence-corrected chi connectivity index (χ2v) is 8.81. The van der Waals surface area contributed by atoms with Crippen molar-refractivity contribution in [1.82, 2.24) is 15.0 Å². The third-order valence-corrected chi connectivity index (χ3v) is 6.07. The first kappa shape index (κ1) is 28.0. The normalized spacial score (nSPS) is 13.4. The molecule has 1 saturated heterocycles. The van der Waals surface area contributed by atoms with E-state index in [1.807, 2.05) is 30.3 Å². The molecule has 0 spiro atoms. The summed E-state index contributed by atoms with van der Waals surface area (Å²) < 4.78 is 10.9. The fraction of sp³-hybridized carbons (Fsp3) is 0.423. The van der Waals surface area contributed by atoms with Gasteiger partial charge in [-0.2, -0.15) is 15.0 Å². The fourth-order valence-electron chi connectivity index (χ4n) is 4.03. The van der Waals surface area contributed by atoms with Gasteiger partial charge in [0.25, 0.3) is 5.69 Å². The van der Waals surface area contributed by atoms with Crippen LogP contribution in [0.3, 0.4) is 0 Å². The number of piperazine rings is 1. The number of non-ortho nitro benzene ring substituents is 1. The van der Waals surface area contributed by atoms with Crippen LogP contribution in [0.25, 0.3) is 0 Å². The van der Waals surface area contributed by atoms with Crippen LogP contribution in [-0.4, -0.2) is 85.6 Å². The standard InChI is InChI=1S/C26H35N9O4/c27-10-16-38-18-19-39-17-11-28-24-30-25(29-20-21-4-2-1-3-5-21)32-26(31-24)34-14-12-33(13-15-34)22-6-8-23(9-7-22)35(36)37/h1-9H,10-20,27H2,(H2,28,29,30,31,32). The first-order valence-corrected chi connectivity index (χ1v) is 13.0. The van der Waals surface area contributed by atoms with E-state index in [9.17, 15) is 10.1 Å². The van der Waals surface area contributed by atoms with Crippen molar-refractivity contribution in [2.24, 2.45) is 5.73 Å². The molecule has 0 aliphatic carbocycles. The van der Waals surface area contributed by atoms with Crippen LogP contribution in [0, 0.1) is 10.1 Å². The Morgan fingerprint density at radius 1 is 0.821 bits per heavy atom. The molecule has 13 heteroatoms. The molecule has 208 valence electrons. The zero-order chi connectivity index (χ0) is 27.3. The number of ether oxygens (including phenoxy) is 2. The zero-order valence-corrected chi connectivity index (χ0v) is 21.9. The van der Waals surface area contributed by atoms with Crippen molar-refractivity contribution in [1.29, 1.82) is 0 Å². The number of aromatic nitrogens is 3. The van der Waals surface area contributed by atoms with Crippen LogP contribution in [0.5, 0.6) is 0 Å². The van der Waals surface area contributed by atoms with Crippen LogP contribution in [0.1, 0.15) is 5.56 Å². The number of hydrogen-bond acceptors (Lipinski definition) is 12. The Bertz CT molecular complexity index is 1160. The molecule has 0 unspecified atom stereocenters. The maximum Gasteiger partial charge on any atom is 0.269 e. The summed E-state index contributed by atoms with van der Waals surface area (Å²) in [4.78, 5) is 28.8. The quantitative estimate of drug-likeness (QED) is 0.148. The van der Waals surface area contributed by atoms with Gasteiger partial charge < -0.3 is 35.6 Å². The highest BCUT2D eigenvalue weighted by Crippen LogP contribution is 2.22. The predicted octanol–water partition coefficient (Wildman–Crippen LogP) is 2.12. The highest BCUT2D eigenvalue weighted by molar-refractivity contribution is 5.53. The topological polar surface area (TPSA) is 157 Å². The second-order valence-electron chi connectivity index (χ2n) is 8.81. The van der Waals surface area contributed by atoms with Crippen molar-refractivity contribution in [3.05, 3.63) is 70.3 Å². The summed E-state index contributed by atoms with van der Waals surface area (Å²) >= 11 is 0. The lowest BCUT2D eigenvalue weighted by molar-refractivity contribution is -0.384. The van der Waals surface area contributed by atoms with E-state index in [0.29, 0.717) is 77.0 Å². The van der Waals surface area contributed by atoms with Crippen molar-refractivity contribution < 1.29 is 14.4 Å². The van der Waals surface area contributed by atoms with Gasteiger partial charge in [-0.15, -0.1) is 0 Å². The largest absolute Gasteiger partial charge is 0.378 e. The number of rotatable bonds is 15. The van der Waals surface area contributed by atoms with Gasteiger partial charge in [0.15, 0.2) is 0 Å². The lowest BCUT2D eigenvalue weighted by Crippen LogP contribution is -2.47. The van der Waals surface area contributed by atoms with E-state index in [1.165, 1.54) is 12.1 Å². The Labute approximate surface area is 227 Å². The smallest absolute Gasteiger partial charge is 0.269 e. The van der Waals surface area contributed by atoms with E-state index in [-0.39, 0.29) is 10.6 Å². The van der Waals surface area contributed by atoms with E-state index >= 15 is 0 Å². The molecule has 2 aromatic carbocycles. The number of benzene rings is 2. The molecule has 4 N–H and O–H groups in total. The first-order chi connectivity index (χ1) is 19.1. The van der Waals surface area contributed by atoms with E-state index in [2.05, 4.69) is 35.4 Å². The van der Waals surface area contributed by atoms with Crippen LogP contribution in [0.2, 0.25) is 0 Å². The van der Waals surface area contributed by atoms with E-state index in [4.69, 9.17) is 15.2 Å². The highest BCUT2D eigenvalue weighted by atomic mass is 16.6. The Hall–Kier alpha value is -4.07. The van der Waals surface area contributed by atoms with Gasteiger partial charge in [-0.1, -0.05) is 30.3 Å². The number of nitrogens with one attached hydrogen (secondary N) is 2. The zero-order valence-electron chi connectivity index (χ0n) is 21.9. The minimum Gasteiger partial charge on any atom is -0.378 e. The minimum absolute atomic E-state index is 0.0865. The molecule has 1 aliphatic rings. The average Bonchev–Trinajstić information content (AvgIpc) is 2.98. The summed E-state index contributed by atoms with van der Waals surface area (Å²) in [7, 11) is 0. The molecule has 39 heavy (non-hydrogen) atoms. The molecule has 1 fully saturated rings. The number of hydrogen-bond donors (Lipinski definition) is 3. The Morgan fingerprint density at radius 3 is 2.13 bits per heavy atom. The molecule has 1 aliphatic heterocycles. The maximum atomic E-state index is 11.0. The first-order valence-electron chi connectivity index (χ1n) is 13.0. The minimum atomic E-state index is -0.387. The number of anilines is 4. The van der Waals surface area contributed by atoms with Gasteiger partial charge in [0.2, 0.25) is 17.8 Å². The van der Waals surface area contributed by atoms with Gasteiger partial charge in [0.05, 0.1) is 31.4 Å². The van der Waals surface area contributed by atoms with Gasteiger partial charge in [-0.3, -0.25) is 10.1 Å². The molecule has 3 aromatic rings. The van der Waals surface area contributed by atoms with Crippen LogP contribution >= 0.6 is 0 Å². The van der Waals surface area contributed by atoms with Crippen molar-refractivity contribution in [3.8, 4) is 0 Å². The van der Waals surface area contributed by atoms with Gasteiger partial charge in [-0.05, 0) is 17.7 Å². The maximum absolute atomic E-state index is 11.0. The SMILES string of the molecule is NCCOCCOCCNc1nc(NCc2ccccc2)nc(N2CCN(c3ccc([N+](=O)[O-])cc3)CC2)n1. The summed E-state index contributed by atoms with van der Waals surface area (Å²) in [5, 5.41) is 17.5. The predicted molar refractivity (Wildman–Crippen MR) is 150 cm³/mol. The number of nitrogens with zero attached hydrogens (tertiary/aromatic N) is 6. The third kappa shape index (κ3) is 8.74. The van der Waals surface area contributed by atoms with Crippen LogP contribution in [-0.2, 0) is 16.0 Å². The molecular weight excluding hydrogens is 502 g/mol. The Balaban J connectivity index is 1.36. The molecule has 0 bridgehead atoms. The fourth-order valence-corrected chi connectivity index (χ4v) is 4.03. The van der Waals surface area contributed by atoms with E-state index in [0.717, 1.165) is 24.3 Å². The van der Waals surface area contributed by atoms with Gasteiger partial charge in [-0.25, -0.2) is 0 Å². The van der Waals surface area contributed by atoms with Crippen molar-refractivity contribution in [2.45, 2.75) is 6.54 Å². The highest BCUT2D eigenvalue weighted by Gasteiger charge is 2.21. The Morgan fingerprint density at radius 2 is 1.46 bits per heavy atom. The molecule has 0 atom stereocenters. The molecular formula is C26H35N9O4. The third-order valence-electron chi connectivity index (χ3n) is 6.07. The van der Waals surface area contributed by atoms with E-state index < -0.39 is 0 Å². The van der Waals surface area contributed by atoms with Crippen LogP contribution in [0.4, 0.5) is 29.2 Å². The van der Waals surface area contributed by atoms with Gasteiger partial charge in [0, 0.05) is 63.6 Å².